The molecule has 106 valence electrons. The number of nitro benzene ring substituents is 1. The van der Waals surface area contributed by atoms with E-state index in [9.17, 15) is 24.8 Å². The van der Waals surface area contributed by atoms with Gasteiger partial charge in [0.25, 0.3) is 17.5 Å². The maximum atomic E-state index is 12.1. The van der Waals surface area contributed by atoms with Crippen LogP contribution in [-0.2, 0) is 0 Å². The number of nitrogens with zero attached hydrogens (tertiary/aromatic N) is 2. The highest BCUT2D eigenvalue weighted by Crippen LogP contribution is 2.26. The second-order valence-electron chi connectivity index (χ2n) is 4.42. The van der Waals surface area contributed by atoms with Crippen LogP contribution in [0.1, 0.15) is 20.7 Å². The average Bonchev–Trinajstić information content (AvgIpc) is 2.64. The Morgan fingerprint density at radius 1 is 1.35 bits per heavy atom. The fraction of sp³-hybridized carbons (Fsp3) is 0.333. The van der Waals surface area contributed by atoms with Gasteiger partial charge in [-0.15, -0.1) is 0 Å². The molecule has 1 aliphatic rings. The van der Waals surface area contributed by atoms with Crippen LogP contribution in [0.4, 0.5) is 5.69 Å². The highest BCUT2D eigenvalue weighted by Gasteiger charge is 2.37. The van der Waals surface area contributed by atoms with E-state index < -0.39 is 22.8 Å². The van der Waals surface area contributed by atoms with Crippen molar-refractivity contribution in [1.82, 2.24) is 10.2 Å². The summed E-state index contributed by atoms with van der Waals surface area (Å²) in [7, 11) is 1.63. The second-order valence-corrected chi connectivity index (χ2v) is 4.42. The van der Waals surface area contributed by atoms with Crippen LogP contribution in [0.25, 0.3) is 0 Å². The summed E-state index contributed by atoms with van der Waals surface area (Å²) in [5.41, 5.74) is -0.124. The molecule has 20 heavy (non-hydrogen) atoms. The molecule has 2 amide bonds. The maximum absolute atomic E-state index is 12.1. The number of β-amino-alcohol motifs (C(OH)–C–C–N with tert-alkyl or cyclic N) is 1. The quantitative estimate of drug-likeness (QED) is 0.437. The molecule has 0 fully saturated rings. The number of rotatable bonds is 5. The van der Waals surface area contributed by atoms with Crippen LogP contribution in [0.2, 0.25) is 0 Å². The first kappa shape index (κ1) is 14.1. The van der Waals surface area contributed by atoms with Gasteiger partial charge in [-0.1, -0.05) is 0 Å². The molecule has 1 aromatic carbocycles. The number of carbonyl (C=O) groups is 2. The van der Waals surface area contributed by atoms with Gasteiger partial charge >= 0.3 is 0 Å². The number of imide groups is 1. The van der Waals surface area contributed by atoms with Crippen molar-refractivity contribution in [3.05, 3.63) is 39.4 Å². The zero-order valence-corrected chi connectivity index (χ0v) is 10.7. The van der Waals surface area contributed by atoms with Gasteiger partial charge in [-0.25, -0.2) is 0 Å². The van der Waals surface area contributed by atoms with Gasteiger partial charge in [-0.2, -0.15) is 0 Å². The minimum absolute atomic E-state index is 0.000794. The lowest BCUT2D eigenvalue weighted by molar-refractivity contribution is -0.384. The summed E-state index contributed by atoms with van der Waals surface area (Å²) in [6.45, 7) is 0.0779. The number of non-ortho nitro benzene ring substituents is 1. The number of benzene rings is 1. The molecule has 0 saturated carbocycles. The van der Waals surface area contributed by atoms with Gasteiger partial charge in [-0.05, 0) is 13.1 Å². The van der Waals surface area contributed by atoms with Gasteiger partial charge in [0.1, 0.15) is 0 Å². The van der Waals surface area contributed by atoms with E-state index in [0.29, 0.717) is 0 Å². The van der Waals surface area contributed by atoms with E-state index >= 15 is 0 Å². The summed E-state index contributed by atoms with van der Waals surface area (Å²) in [6.07, 6.45) is -0.891. The Labute approximate surface area is 114 Å². The number of hydrogen-bond donors (Lipinski definition) is 2. The van der Waals surface area contributed by atoms with Gasteiger partial charge in [0.2, 0.25) is 0 Å². The molecule has 0 saturated heterocycles. The molecule has 2 N–H and O–H groups in total. The van der Waals surface area contributed by atoms with Crippen LogP contribution >= 0.6 is 0 Å². The number of amides is 2. The molecule has 0 bridgehead atoms. The van der Waals surface area contributed by atoms with E-state index in [1.54, 1.807) is 7.05 Å². The molecule has 2 rings (SSSR count). The topological polar surface area (TPSA) is 113 Å². The van der Waals surface area contributed by atoms with Crippen molar-refractivity contribution in [3.63, 3.8) is 0 Å². The molecule has 1 heterocycles. The Hall–Kier alpha value is -2.32. The molecule has 8 heteroatoms. The van der Waals surface area contributed by atoms with Gasteiger partial charge in [-0.3, -0.25) is 24.6 Å². The van der Waals surface area contributed by atoms with Crippen molar-refractivity contribution in [2.24, 2.45) is 0 Å². The number of aliphatic hydroxyl groups excluding tert-OH is 1. The Morgan fingerprint density at radius 3 is 2.60 bits per heavy atom. The lowest BCUT2D eigenvalue weighted by Gasteiger charge is -2.17. The molecule has 1 aliphatic heterocycles. The fourth-order valence-electron chi connectivity index (χ4n) is 2.07. The number of aliphatic hydroxyl groups is 1. The van der Waals surface area contributed by atoms with Crippen molar-refractivity contribution < 1.29 is 19.6 Å². The summed E-state index contributed by atoms with van der Waals surface area (Å²) >= 11 is 0. The van der Waals surface area contributed by atoms with E-state index in [-0.39, 0.29) is 29.9 Å². The summed E-state index contributed by atoms with van der Waals surface area (Å²) < 4.78 is 0. The third-order valence-corrected chi connectivity index (χ3v) is 3.00. The standard InChI is InChI=1S/C12H13N3O5/c1-13-5-8(16)6-14-11(17)9-3-2-7(15(19)20)4-10(9)12(14)18/h2-4,8,13,16H,5-6H2,1H3. The highest BCUT2D eigenvalue weighted by atomic mass is 16.6. The molecule has 1 aromatic rings. The van der Waals surface area contributed by atoms with Gasteiger partial charge < -0.3 is 10.4 Å². The number of nitro groups is 1. The van der Waals surface area contributed by atoms with E-state index in [1.807, 2.05) is 0 Å². The van der Waals surface area contributed by atoms with Gasteiger partial charge in [0.15, 0.2) is 0 Å². The first-order valence-corrected chi connectivity index (χ1v) is 5.93. The molecule has 0 radical (unpaired) electrons. The average molecular weight is 279 g/mol. The van der Waals surface area contributed by atoms with E-state index in [1.165, 1.54) is 12.1 Å². The molecule has 0 spiro atoms. The Bertz CT molecular complexity index is 586. The Balaban J connectivity index is 2.28. The summed E-state index contributed by atoms with van der Waals surface area (Å²) in [6, 6.07) is 3.52. The van der Waals surface area contributed by atoms with Crippen molar-refractivity contribution in [1.29, 1.82) is 0 Å². The number of carbonyl (C=O) groups excluding carboxylic acids is 2. The minimum Gasteiger partial charge on any atom is -0.390 e. The van der Waals surface area contributed by atoms with Crippen LogP contribution in [0.5, 0.6) is 0 Å². The zero-order valence-electron chi connectivity index (χ0n) is 10.7. The fourth-order valence-corrected chi connectivity index (χ4v) is 2.07. The lowest BCUT2D eigenvalue weighted by Crippen LogP contribution is -2.40. The molecular formula is C12H13N3O5. The van der Waals surface area contributed by atoms with Crippen LogP contribution in [0.15, 0.2) is 18.2 Å². The van der Waals surface area contributed by atoms with Gasteiger partial charge in [0, 0.05) is 18.7 Å². The Kier molecular flexibility index (Phi) is 3.77. The van der Waals surface area contributed by atoms with Crippen molar-refractivity contribution >= 4 is 17.5 Å². The SMILES string of the molecule is CNCC(O)CN1C(=O)c2ccc([N+](=O)[O-])cc2C1=O. The predicted octanol–water partition coefficient (Wildman–Crippen LogP) is -0.229. The molecule has 0 aromatic heterocycles. The minimum atomic E-state index is -0.891. The second kappa shape index (κ2) is 5.35. The molecular weight excluding hydrogens is 266 g/mol. The summed E-state index contributed by atoms with van der Waals surface area (Å²) in [4.78, 5) is 35.1. The number of hydrogen-bond acceptors (Lipinski definition) is 6. The Morgan fingerprint density at radius 2 is 2.00 bits per heavy atom. The number of nitrogens with one attached hydrogen (secondary N) is 1. The molecule has 8 nitrogen and oxygen atoms in total. The van der Waals surface area contributed by atoms with Crippen LogP contribution < -0.4 is 5.32 Å². The van der Waals surface area contributed by atoms with Gasteiger partial charge in [0.05, 0.1) is 28.7 Å². The predicted molar refractivity (Wildman–Crippen MR) is 68.4 cm³/mol. The molecule has 1 unspecified atom stereocenters. The molecule has 1 atom stereocenters. The highest BCUT2D eigenvalue weighted by molar-refractivity contribution is 6.21. The monoisotopic (exact) mass is 279 g/mol. The third kappa shape index (κ3) is 2.38. The van der Waals surface area contributed by atoms with Crippen LogP contribution in [0.3, 0.4) is 0 Å². The largest absolute Gasteiger partial charge is 0.390 e. The maximum Gasteiger partial charge on any atom is 0.270 e. The van der Waals surface area contributed by atoms with Crippen LogP contribution in [0, 0.1) is 10.1 Å². The van der Waals surface area contributed by atoms with E-state index in [0.717, 1.165) is 11.0 Å². The van der Waals surface area contributed by atoms with Crippen molar-refractivity contribution in [2.45, 2.75) is 6.10 Å². The zero-order chi connectivity index (χ0) is 14.9. The smallest absolute Gasteiger partial charge is 0.270 e. The normalized spacial score (nSPS) is 15.4. The van der Waals surface area contributed by atoms with Crippen molar-refractivity contribution in [3.8, 4) is 0 Å². The lowest BCUT2D eigenvalue weighted by atomic mass is 10.1. The summed E-state index contributed by atoms with van der Waals surface area (Å²) in [5.74, 6) is -1.17. The first-order valence-electron chi connectivity index (χ1n) is 5.93. The third-order valence-electron chi connectivity index (χ3n) is 3.00. The molecule has 0 aliphatic carbocycles. The summed E-state index contributed by atoms with van der Waals surface area (Å²) in [5, 5.41) is 23.1. The number of likely N-dealkylation sites (N-methyl/N-ethyl adjacent to an activating group) is 1. The number of fused-ring (bicyclic) bond motifs is 1. The van der Waals surface area contributed by atoms with Crippen LogP contribution in [-0.4, -0.2) is 53.0 Å². The first-order chi connectivity index (χ1) is 9.45. The van der Waals surface area contributed by atoms with Crippen molar-refractivity contribution in [2.75, 3.05) is 20.1 Å². The van der Waals surface area contributed by atoms with E-state index in [2.05, 4.69) is 5.32 Å². The van der Waals surface area contributed by atoms with E-state index in [4.69, 9.17) is 0 Å².